The summed E-state index contributed by atoms with van der Waals surface area (Å²) in [5, 5.41) is 21.1. The van der Waals surface area contributed by atoms with E-state index in [1.807, 2.05) is 6.92 Å². The van der Waals surface area contributed by atoms with E-state index in [1.165, 1.54) is 0 Å². The number of rotatable bonds is 3. The third kappa shape index (κ3) is 2.80. The van der Waals surface area contributed by atoms with E-state index in [2.05, 4.69) is 15.5 Å². The minimum atomic E-state index is -0.890. The van der Waals surface area contributed by atoms with Gasteiger partial charge in [-0.25, -0.2) is 0 Å². The summed E-state index contributed by atoms with van der Waals surface area (Å²) in [6.45, 7) is 2.73. The average molecular weight is 278 g/mol. The summed E-state index contributed by atoms with van der Waals surface area (Å²) in [5.74, 6) is 0. The van der Waals surface area contributed by atoms with Gasteiger partial charge in [0.2, 0.25) is 0 Å². The molecule has 1 aromatic heterocycles. The van der Waals surface area contributed by atoms with E-state index in [4.69, 9.17) is 27.9 Å². The number of nitrogens with one attached hydrogen (secondary N) is 1. The van der Waals surface area contributed by atoms with Gasteiger partial charge in [0.1, 0.15) is 5.60 Å². The van der Waals surface area contributed by atoms with Gasteiger partial charge in [0, 0.05) is 25.6 Å². The summed E-state index contributed by atoms with van der Waals surface area (Å²) in [7, 11) is 0. The van der Waals surface area contributed by atoms with E-state index in [0.29, 0.717) is 25.3 Å². The molecule has 1 saturated heterocycles. The summed E-state index contributed by atoms with van der Waals surface area (Å²) in [6, 6.07) is 1.57. The number of nitrogens with zero attached hydrogens (tertiary/aromatic N) is 2. The molecular weight excluding hydrogens is 265 g/mol. The van der Waals surface area contributed by atoms with Crippen molar-refractivity contribution in [3.8, 4) is 0 Å². The smallest absolute Gasteiger partial charge is 0.174 e. The standard InChI is InChI=1S/C10H13Cl2N3O2/c1-6-10(16,2-3-17-6)5-13-7-4-8(11)14-15-9(7)12/h4,6,16H,2-3,5H2,1H3,(H,13,14). The first kappa shape index (κ1) is 12.8. The van der Waals surface area contributed by atoms with Crippen molar-refractivity contribution in [1.29, 1.82) is 0 Å². The lowest BCUT2D eigenvalue weighted by atomic mass is 9.97. The van der Waals surface area contributed by atoms with Gasteiger partial charge in [-0.05, 0) is 6.92 Å². The van der Waals surface area contributed by atoms with Gasteiger partial charge in [0.15, 0.2) is 10.3 Å². The van der Waals surface area contributed by atoms with Crippen LogP contribution in [0.4, 0.5) is 5.69 Å². The van der Waals surface area contributed by atoms with Crippen LogP contribution < -0.4 is 5.32 Å². The first-order valence-electron chi connectivity index (χ1n) is 5.28. The van der Waals surface area contributed by atoms with Crippen LogP contribution in [0.5, 0.6) is 0 Å². The summed E-state index contributed by atoms with van der Waals surface area (Å²) >= 11 is 11.6. The Labute approximate surface area is 109 Å². The molecule has 0 aliphatic carbocycles. The fourth-order valence-corrected chi connectivity index (χ4v) is 2.03. The van der Waals surface area contributed by atoms with Crippen LogP contribution in [0.15, 0.2) is 6.07 Å². The Morgan fingerprint density at radius 1 is 1.59 bits per heavy atom. The van der Waals surface area contributed by atoms with Crippen molar-refractivity contribution in [3.63, 3.8) is 0 Å². The lowest BCUT2D eigenvalue weighted by molar-refractivity contribution is -0.0175. The molecule has 0 amide bonds. The lowest BCUT2D eigenvalue weighted by Gasteiger charge is -2.26. The van der Waals surface area contributed by atoms with E-state index in [0.717, 1.165) is 0 Å². The summed E-state index contributed by atoms with van der Waals surface area (Å²) in [4.78, 5) is 0. The highest BCUT2D eigenvalue weighted by molar-refractivity contribution is 6.33. The molecule has 2 N–H and O–H groups in total. The maximum atomic E-state index is 10.3. The topological polar surface area (TPSA) is 67.3 Å². The number of halogens is 2. The van der Waals surface area contributed by atoms with Gasteiger partial charge in [0.25, 0.3) is 0 Å². The van der Waals surface area contributed by atoms with Gasteiger partial charge in [-0.15, -0.1) is 10.2 Å². The Morgan fingerprint density at radius 3 is 3.00 bits per heavy atom. The van der Waals surface area contributed by atoms with Crippen molar-refractivity contribution in [2.75, 3.05) is 18.5 Å². The molecule has 1 aliphatic heterocycles. The second-order valence-electron chi connectivity index (χ2n) is 4.09. The minimum Gasteiger partial charge on any atom is -0.385 e. The van der Waals surface area contributed by atoms with Gasteiger partial charge >= 0.3 is 0 Å². The van der Waals surface area contributed by atoms with Gasteiger partial charge in [0.05, 0.1) is 11.8 Å². The summed E-state index contributed by atoms with van der Waals surface area (Å²) in [5.41, 5.74) is -0.335. The Morgan fingerprint density at radius 2 is 2.35 bits per heavy atom. The first-order valence-corrected chi connectivity index (χ1v) is 6.03. The molecule has 7 heteroatoms. The summed E-state index contributed by atoms with van der Waals surface area (Å²) in [6.07, 6.45) is 0.379. The Balaban J connectivity index is 2.04. The van der Waals surface area contributed by atoms with E-state index < -0.39 is 5.60 Å². The number of ether oxygens (including phenoxy) is 1. The molecule has 1 aromatic rings. The van der Waals surface area contributed by atoms with E-state index in [-0.39, 0.29) is 16.4 Å². The Kier molecular flexibility index (Phi) is 3.73. The Hall–Kier alpha value is -0.620. The number of anilines is 1. The number of hydrogen-bond acceptors (Lipinski definition) is 5. The fourth-order valence-electron chi connectivity index (χ4n) is 1.73. The number of aliphatic hydroxyl groups is 1. The normalized spacial score (nSPS) is 28.4. The van der Waals surface area contributed by atoms with Crippen LogP contribution in [0.1, 0.15) is 13.3 Å². The van der Waals surface area contributed by atoms with Gasteiger partial charge in [-0.1, -0.05) is 23.2 Å². The predicted octanol–water partition coefficient (Wildman–Crippen LogP) is 1.74. The monoisotopic (exact) mass is 277 g/mol. The van der Waals surface area contributed by atoms with E-state index in [9.17, 15) is 5.11 Å². The number of aromatic nitrogens is 2. The van der Waals surface area contributed by atoms with Crippen LogP contribution in [0.3, 0.4) is 0 Å². The van der Waals surface area contributed by atoms with Crippen molar-refractivity contribution in [1.82, 2.24) is 10.2 Å². The van der Waals surface area contributed by atoms with E-state index in [1.54, 1.807) is 6.07 Å². The van der Waals surface area contributed by atoms with Crippen LogP contribution in [0, 0.1) is 0 Å². The van der Waals surface area contributed by atoms with Gasteiger partial charge < -0.3 is 15.2 Å². The molecule has 0 radical (unpaired) electrons. The first-order chi connectivity index (χ1) is 8.01. The van der Waals surface area contributed by atoms with Crippen molar-refractivity contribution >= 4 is 28.9 Å². The average Bonchev–Trinajstić information content (AvgIpc) is 2.61. The third-order valence-electron chi connectivity index (χ3n) is 2.96. The zero-order valence-electron chi connectivity index (χ0n) is 9.28. The maximum Gasteiger partial charge on any atom is 0.174 e. The van der Waals surface area contributed by atoms with Crippen LogP contribution in [0.25, 0.3) is 0 Å². The van der Waals surface area contributed by atoms with Gasteiger partial charge in [-0.3, -0.25) is 0 Å². The molecule has 94 valence electrons. The molecular formula is C10H13Cl2N3O2. The second-order valence-corrected chi connectivity index (χ2v) is 4.84. The van der Waals surface area contributed by atoms with Crippen LogP contribution in [-0.4, -0.2) is 40.2 Å². The highest BCUT2D eigenvalue weighted by Gasteiger charge is 2.39. The quantitative estimate of drug-likeness (QED) is 0.881. The molecule has 5 nitrogen and oxygen atoms in total. The fraction of sp³-hybridized carbons (Fsp3) is 0.600. The predicted molar refractivity (Wildman–Crippen MR) is 65.5 cm³/mol. The van der Waals surface area contributed by atoms with Crippen LogP contribution >= 0.6 is 23.2 Å². The van der Waals surface area contributed by atoms with Gasteiger partial charge in [-0.2, -0.15) is 0 Å². The maximum absolute atomic E-state index is 10.3. The van der Waals surface area contributed by atoms with Crippen LogP contribution in [0.2, 0.25) is 10.3 Å². The summed E-state index contributed by atoms with van der Waals surface area (Å²) < 4.78 is 5.33. The molecule has 0 spiro atoms. The lowest BCUT2D eigenvalue weighted by Crippen LogP contribution is -2.43. The minimum absolute atomic E-state index is 0.209. The SMILES string of the molecule is CC1OCCC1(O)CNc1cc(Cl)nnc1Cl. The van der Waals surface area contributed by atoms with E-state index >= 15 is 0 Å². The Bertz CT molecular complexity index is 419. The second kappa shape index (κ2) is 4.94. The molecule has 2 unspecified atom stereocenters. The highest BCUT2D eigenvalue weighted by atomic mass is 35.5. The van der Waals surface area contributed by atoms with Crippen molar-refractivity contribution in [2.24, 2.45) is 0 Å². The molecule has 2 heterocycles. The van der Waals surface area contributed by atoms with Crippen molar-refractivity contribution < 1.29 is 9.84 Å². The number of hydrogen-bond donors (Lipinski definition) is 2. The third-order valence-corrected chi connectivity index (χ3v) is 3.43. The van der Waals surface area contributed by atoms with Crippen LogP contribution in [-0.2, 0) is 4.74 Å². The zero-order chi connectivity index (χ0) is 12.5. The molecule has 0 aromatic carbocycles. The molecule has 0 saturated carbocycles. The highest BCUT2D eigenvalue weighted by Crippen LogP contribution is 2.27. The van der Waals surface area contributed by atoms with Crippen molar-refractivity contribution in [2.45, 2.75) is 25.0 Å². The molecule has 2 rings (SSSR count). The molecule has 2 atom stereocenters. The largest absolute Gasteiger partial charge is 0.385 e. The van der Waals surface area contributed by atoms with Crippen molar-refractivity contribution in [3.05, 3.63) is 16.4 Å². The molecule has 0 bridgehead atoms. The molecule has 17 heavy (non-hydrogen) atoms. The zero-order valence-corrected chi connectivity index (χ0v) is 10.8. The molecule has 1 fully saturated rings. The molecule has 1 aliphatic rings.